The van der Waals surface area contributed by atoms with E-state index in [2.05, 4.69) is 10.3 Å². The SMILES string of the molecule is O=C(CCOCc1ccccc1)NC1CCCN(S(=O)(=O)c2ccccn2)CC1=O. The van der Waals surface area contributed by atoms with Gasteiger partial charge in [0.25, 0.3) is 10.0 Å². The number of hydrogen-bond acceptors (Lipinski definition) is 6. The molecule has 2 heterocycles. The Kier molecular flexibility index (Phi) is 7.67. The van der Waals surface area contributed by atoms with Crippen LogP contribution in [0.4, 0.5) is 0 Å². The Bertz CT molecular complexity index is 951. The number of amides is 1. The van der Waals surface area contributed by atoms with E-state index in [0.29, 0.717) is 19.4 Å². The van der Waals surface area contributed by atoms with E-state index in [1.54, 1.807) is 12.1 Å². The minimum absolute atomic E-state index is 0.0872. The Morgan fingerprint density at radius 1 is 1.17 bits per heavy atom. The van der Waals surface area contributed by atoms with Crippen molar-refractivity contribution in [3.63, 3.8) is 0 Å². The molecule has 1 aliphatic rings. The summed E-state index contributed by atoms with van der Waals surface area (Å²) in [5, 5.41) is 2.63. The lowest BCUT2D eigenvalue weighted by Crippen LogP contribution is -2.44. The minimum Gasteiger partial charge on any atom is -0.376 e. The van der Waals surface area contributed by atoms with Gasteiger partial charge in [-0.05, 0) is 30.5 Å². The van der Waals surface area contributed by atoms with Crippen molar-refractivity contribution >= 4 is 21.7 Å². The third-order valence-corrected chi connectivity index (χ3v) is 6.54. The fourth-order valence-electron chi connectivity index (χ4n) is 3.18. The average Bonchev–Trinajstić information content (AvgIpc) is 2.94. The molecule has 3 rings (SSSR count). The van der Waals surface area contributed by atoms with Gasteiger partial charge in [-0.1, -0.05) is 36.4 Å². The van der Waals surface area contributed by atoms with Gasteiger partial charge in [-0.15, -0.1) is 0 Å². The Labute approximate surface area is 176 Å². The second-order valence-corrected chi connectivity index (χ2v) is 8.91. The monoisotopic (exact) mass is 431 g/mol. The van der Waals surface area contributed by atoms with Gasteiger partial charge >= 0.3 is 0 Å². The fourth-order valence-corrected chi connectivity index (χ4v) is 4.56. The van der Waals surface area contributed by atoms with Crippen LogP contribution in [0.1, 0.15) is 24.8 Å². The number of ether oxygens (including phenoxy) is 1. The van der Waals surface area contributed by atoms with E-state index in [1.165, 1.54) is 12.3 Å². The number of nitrogens with zero attached hydrogens (tertiary/aromatic N) is 2. The Morgan fingerprint density at radius 2 is 1.93 bits per heavy atom. The van der Waals surface area contributed by atoms with Crippen LogP contribution in [-0.2, 0) is 31.0 Å². The summed E-state index contributed by atoms with van der Waals surface area (Å²) in [5.41, 5.74) is 1.02. The van der Waals surface area contributed by atoms with Crippen LogP contribution in [0.5, 0.6) is 0 Å². The molecular formula is C21H25N3O5S. The first-order valence-corrected chi connectivity index (χ1v) is 11.3. The lowest BCUT2D eigenvalue weighted by molar-refractivity contribution is -0.128. The lowest BCUT2D eigenvalue weighted by Gasteiger charge is -2.19. The fraction of sp³-hybridized carbons (Fsp3) is 0.381. The zero-order valence-corrected chi connectivity index (χ0v) is 17.4. The molecule has 1 amide bonds. The highest BCUT2D eigenvalue weighted by atomic mass is 32.2. The van der Waals surface area contributed by atoms with Gasteiger partial charge in [-0.25, -0.2) is 13.4 Å². The molecule has 1 unspecified atom stereocenters. The third-order valence-electron chi connectivity index (χ3n) is 4.78. The summed E-state index contributed by atoms with van der Waals surface area (Å²) in [6, 6.07) is 13.5. The average molecular weight is 432 g/mol. The second kappa shape index (κ2) is 10.4. The summed E-state index contributed by atoms with van der Waals surface area (Å²) >= 11 is 0. The van der Waals surface area contributed by atoms with Crippen LogP contribution in [0, 0.1) is 0 Å². The van der Waals surface area contributed by atoms with Crippen molar-refractivity contribution in [3.05, 3.63) is 60.3 Å². The molecule has 1 N–H and O–H groups in total. The second-order valence-electron chi connectivity index (χ2n) is 7.02. The van der Waals surface area contributed by atoms with Crippen LogP contribution in [-0.4, -0.2) is 55.1 Å². The maximum absolute atomic E-state index is 12.7. The summed E-state index contributed by atoms with van der Waals surface area (Å²) < 4.78 is 32.1. The number of aromatic nitrogens is 1. The molecule has 1 fully saturated rings. The van der Waals surface area contributed by atoms with Crippen molar-refractivity contribution < 1.29 is 22.7 Å². The molecule has 160 valence electrons. The van der Waals surface area contributed by atoms with Crippen molar-refractivity contribution in [2.75, 3.05) is 19.7 Å². The number of carbonyl (C=O) groups is 2. The number of nitrogens with one attached hydrogen (secondary N) is 1. The van der Waals surface area contributed by atoms with E-state index in [-0.39, 0.29) is 42.8 Å². The Hall–Kier alpha value is -2.62. The summed E-state index contributed by atoms with van der Waals surface area (Å²) in [7, 11) is -3.85. The van der Waals surface area contributed by atoms with Gasteiger partial charge in [0.05, 0.1) is 25.8 Å². The molecule has 8 nitrogen and oxygen atoms in total. The first kappa shape index (κ1) is 22.1. The molecule has 1 aromatic carbocycles. The van der Waals surface area contributed by atoms with Gasteiger partial charge in [0.1, 0.15) is 0 Å². The molecule has 1 atom stereocenters. The molecule has 0 spiro atoms. The third kappa shape index (κ3) is 5.94. The van der Waals surface area contributed by atoms with Gasteiger partial charge in [0, 0.05) is 19.2 Å². The summed E-state index contributed by atoms with van der Waals surface area (Å²) in [6.45, 7) is 0.574. The van der Waals surface area contributed by atoms with Crippen molar-refractivity contribution in [3.8, 4) is 0 Å². The van der Waals surface area contributed by atoms with Crippen LogP contribution in [0.3, 0.4) is 0 Å². The van der Waals surface area contributed by atoms with Crippen LogP contribution in [0.2, 0.25) is 0 Å². The maximum atomic E-state index is 12.7. The summed E-state index contributed by atoms with van der Waals surface area (Å²) in [6.07, 6.45) is 2.39. The predicted octanol–water partition coefficient (Wildman–Crippen LogP) is 1.53. The molecule has 30 heavy (non-hydrogen) atoms. The zero-order valence-electron chi connectivity index (χ0n) is 16.6. The molecular weight excluding hydrogens is 406 g/mol. The molecule has 2 aromatic rings. The molecule has 1 saturated heterocycles. The summed E-state index contributed by atoms with van der Waals surface area (Å²) in [4.78, 5) is 28.7. The molecule has 1 aliphatic heterocycles. The largest absolute Gasteiger partial charge is 0.376 e. The number of Topliss-reactive ketones (excluding diaryl/α,β-unsaturated/α-hetero) is 1. The Balaban J connectivity index is 1.48. The van der Waals surface area contributed by atoms with Crippen LogP contribution < -0.4 is 5.32 Å². The van der Waals surface area contributed by atoms with E-state index in [1.807, 2.05) is 30.3 Å². The smallest absolute Gasteiger partial charge is 0.260 e. The molecule has 0 aliphatic carbocycles. The number of hydrogen-bond donors (Lipinski definition) is 1. The quantitative estimate of drug-likeness (QED) is 0.636. The zero-order chi connectivity index (χ0) is 21.4. The standard InChI is InChI=1S/C21H25N3O5S/c25-19-15-24(30(27,28)21-10-4-5-12-22-21)13-6-9-18(19)23-20(26)11-14-29-16-17-7-2-1-3-8-17/h1-5,7-8,10,12,18H,6,9,11,13-16H2,(H,23,26). The van der Waals surface area contributed by atoms with Crippen molar-refractivity contribution in [2.24, 2.45) is 0 Å². The van der Waals surface area contributed by atoms with Crippen LogP contribution in [0.25, 0.3) is 0 Å². The van der Waals surface area contributed by atoms with Crippen LogP contribution in [0.15, 0.2) is 59.8 Å². The topological polar surface area (TPSA) is 106 Å². The highest BCUT2D eigenvalue weighted by Gasteiger charge is 2.33. The van der Waals surface area contributed by atoms with Gasteiger partial charge in [-0.3, -0.25) is 9.59 Å². The molecule has 1 aromatic heterocycles. The van der Waals surface area contributed by atoms with E-state index >= 15 is 0 Å². The molecule has 0 saturated carbocycles. The first-order valence-electron chi connectivity index (χ1n) is 9.82. The lowest BCUT2D eigenvalue weighted by atomic mass is 10.1. The van der Waals surface area contributed by atoms with E-state index in [9.17, 15) is 18.0 Å². The van der Waals surface area contributed by atoms with Gasteiger partial charge in [0.2, 0.25) is 5.91 Å². The van der Waals surface area contributed by atoms with Gasteiger partial charge in [0.15, 0.2) is 10.8 Å². The minimum atomic E-state index is -3.85. The number of sulfonamides is 1. The molecule has 0 radical (unpaired) electrons. The molecule has 9 heteroatoms. The molecule has 0 bridgehead atoms. The number of carbonyl (C=O) groups excluding carboxylic acids is 2. The number of rotatable bonds is 8. The van der Waals surface area contributed by atoms with E-state index < -0.39 is 16.1 Å². The predicted molar refractivity (Wildman–Crippen MR) is 110 cm³/mol. The normalized spacial score (nSPS) is 18.0. The van der Waals surface area contributed by atoms with Gasteiger partial charge in [-0.2, -0.15) is 4.31 Å². The number of ketones is 1. The maximum Gasteiger partial charge on any atom is 0.260 e. The number of pyridine rings is 1. The van der Waals surface area contributed by atoms with E-state index in [0.717, 1.165) is 9.87 Å². The highest BCUT2D eigenvalue weighted by Crippen LogP contribution is 2.17. The van der Waals surface area contributed by atoms with Crippen molar-refractivity contribution in [1.29, 1.82) is 0 Å². The van der Waals surface area contributed by atoms with Crippen LogP contribution >= 0.6 is 0 Å². The Morgan fingerprint density at radius 3 is 2.67 bits per heavy atom. The van der Waals surface area contributed by atoms with Crippen molar-refractivity contribution in [1.82, 2.24) is 14.6 Å². The highest BCUT2D eigenvalue weighted by molar-refractivity contribution is 7.89. The van der Waals surface area contributed by atoms with E-state index in [4.69, 9.17) is 4.74 Å². The van der Waals surface area contributed by atoms with Gasteiger partial charge < -0.3 is 10.1 Å². The first-order chi connectivity index (χ1) is 14.5. The van der Waals surface area contributed by atoms with Crippen molar-refractivity contribution in [2.45, 2.75) is 36.9 Å². The summed E-state index contributed by atoms with van der Waals surface area (Å²) in [5.74, 6) is -0.618. The number of benzene rings is 1.